The van der Waals surface area contributed by atoms with Gasteiger partial charge in [0.1, 0.15) is 11.5 Å². The summed E-state index contributed by atoms with van der Waals surface area (Å²) in [5, 5.41) is 6.36. The molecule has 0 amide bonds. The van der Waals surface area contributed by atoms with Gasteiger partial charge in [0.15, 0.2) is 11.3 Å². The summed E-state index contributed by atoms with van der Waals surface area (Å²) in [7, 11) is 0. The van der Waals surface area contributed by atoms with E-state index in [2.05, 4.69) is 37.3 Å². The normalized spacial score (nSPS) is 12.3. The number of halogens is 4. The van der Waals surface area contributed by atoms with Crippen molar-refractivity contribution in [2.75, 3.05) is 0 Å². The Kier molecular flexibility index (Phi) is 10.7. The molecule has 3 heterocycles. The number of aryl methyl sites for hydroxylation is 4. The van der Waals surface area contributed by atoms with Crippen molar-refractivity contribution in [1.82, 2.24) is 29.5 Å². The van der Waals surface area contributed by atoms with Crippen LogP contribution in [-0.4, -0.2) is 29.5 Å². The second-order valence-corrected chi connectivity index (χ2v) is 7.18. The largest absolute Gasteiger partial charge is 0.352 e. The SMILES string of the molecule is CC.Cc1[c-]c(C)c(C(C)(F)c2nc(-c3n[nH]c(C)n3)c(F)n3c(F)c(C)nc23)c(F)[c-]1.[Y].[Y]. The van der Waals surface area contributed by atoms with Crippen LogP contribution in [-0.2, 0) is 71.1 Å². The Hall–Kier alpha value is -1.09. The second-order valence-electron chi connectivity index (χ2n) is 7.18. The van der Waals surface area contributed by atoms with Crippen molar-refractivity contribution in [3.05, 3.63) is 63.7 Å². The van der Waals surface area contributed by atoms with Gasteiger partial charge in [0, 0.05) is 65.4 Å². The molecule has 3 aromatic heterocycles. The van der Waals surface area contributed by atoms with Gasteiger partial charge < -0.3 is 12.1 Å². The van der Waals surface area contributed by atoms with Crippen molar-refractivity contribution >= 4 is 5.65 Å². The number of alkyl halides is 1. The molecule has 1 unspecified atom stereocenters. The first-order valence-electron chi connectivity index (χ1n) is 9.97. The van der Waals surface area contributed by atoms with E-state index >= 15 is 8.78 Å². The molecule has 1 atom stereocenters. The van der Waals surface area contributed by atoms with Gasteiger partial charge in [0.05, 0.1) is 11.4 Å². The second kappa shape index (κ2) is 11.8. The monoisotopic (exact) mass is 624 g/mol. The van der Waals surface area contributed by atoms with Crippen molar-refractivity contribution in [3.8, 4) is 11.5 Å². The topological polar surface area (TPSA) is 71.8 Å². The van der Waals surface area contributed by atoms with E-state index in [-0.39, 0.29) is 82.5 Å². The van der Waals surface area contributed by atoms with E-state index in [4.69, 9.17) is 0 Å². The molecule has 1 N–H and O–H groups in total. The number of benzene rings is 1. The average molecular weight is 624 g/mol. The van der Waals surface area contributed by atoms with Crippen LogP contribution in [0.3, 0.4) is 0 Å². The number of nitrogens with one attached hydrogen (secondary N) is 1. The molecule has 0 aliphatic rings. The van der Waals surface area contributed by atoms with Crippen LogP contribution in [0.1, 0.15) is 54.7 Å². The van der Waals surface area contributed by atoms with Crippen LogP contribution in [0.5, 0.6) is 0 Å². The van der Waals surface area contributed by atoms with Crippen molar-refractivity contribution in [3.63, 3.8) is 0 Å². The molecular weight excluding hydrogens is 602 g/mol. The third-order valence-corrected chi connectivity index (χ3v) is 4.80. The summed E-state index contributed by atoms with van der Waals surface area (Å²) in [5.74, 6) is -2.98. The van der Waals surface area contributed by atoms with Gasteiger partial charge in [-0.25, -0.2) is 19.4 Å². The van der Waals surface area contributed by atoms with Gasteiger partial charge >= 0.3 is 0 Å². The average Bonchev–Trinajstić information content (AvgIpc) is 3.26. The van der Waals surface area contributed by atoms with Gasteiger partial charge in [-0.2, -0.15) is 19.4 Å². The molecule has 2 radical (unpaired) electrons. The van der Waals surface area contributed by atoms with Gasteiger partial charge in [-0.3, -0.25) is 25.0 Å². The minimum absolute atomic E-state index is 0. The molecule has 176 valence electrons. The molecule has 0 aliphatic heterocycles. The van der Waals surface area contributed by atoms with Crippen LogP contribution in [0.2, 0.25) is 0 Å². The Labute approximate surface area is 245 Å². The van der Waals surface area contributed by atoms with Crippen LogP contribution in [0.25, 0.3) is 17.2 Å². The third-order valence-electron chi connectivity index (χ3n) is 4.80. The molecule has 0 saturated carbocycles. The smallest absolute Gasteiger partial charge is 0.231 e. The van der Waals surface area contributed by atoms with Crippen LogP contribution in [0.4, 0.5) is 17.6 Å². The first kappa shape index (κ1) is 30.9. The molecule has 0 fully saturated rings. The summed E-state index contributed by atoms with van der Waals surface area (Å²) >= 11 is 0. The standard InChI is InChI=1S/C20H16F4N6.C2H6.2Y/c1-8-6-9(2)13(12(21)7-8)20(5,24)15-19-25-10(3)16(22)30(19)17(23)14(27-15)18-26-11(4)28-29-18;1-2;;/h1-5H3,(H,26,28,29);1-2H3;;/q-2;;;. The Morgan fingerprint density at radius 3 is 2.06 bits per heavy atom. The van der Waals surface area contributed by atoms with E-state index in [9.17, 15) is 8.78 Å². The number of hydrogen-bond donors (Lipinski definition) is 1. The van der Waals surface area contributed by atoms with Crippen LogP contribution >= 0.6 is 0 Å². The van der Waals surface area contributed by atoms with Crippen molar-refractivity contribution in [2.24, 2.45) is 0 Å². The Bertz CT molecular complexity index is 1290. The van der Waals surface area contributed by atoms with E-state index in [1.165, 1.54) is 13.8 Å². The van der Waals surface area contributed by atoms with Crippen molar-refractivity contribution < 1.29 is 83.0 Å². The van der Waals surface area contributed by atoms with Crippen LogP contribution in [0.15, 0.2) is 0 Å². The molecule has 12 heteroatoms. The number of imidazole rings is 1. The van der Waals surface area contributed by atoms with Crippen molar-refractivity contribution in [2.45, 2.75) is 54.1 Å². The first-order chi connectivity index (χ1) is 15.0. The maximum absolute atomic E-state index is 16.2. The van der Waals surface area contributed by atoms with E-state index in [0.29, 0.717) is 15.8 Å². The summed E-state index contributed by atoms with van der Waals surface area (Å²) < 4.78 is 61.3. The molecule has 0 aliphatic carbocycles. The molecular formula is C22H22F4N6Y2-2. The zero-order chi connectivity index (χ0) is 24.0. The molecule has 1 aromatic carbocycles. The zero-order valence-electron chi connectivity index (χ0n) is 19.9. The number of H-pyrrole nitrogens is 1. The maximum Gasteiger partial charge on any atom is 0.231 e. The van der Waals surface area contributed by atoms with Gasteiger partial charge in [-0.15, -0.1) is 0 Å². The van der Waals surface area contributed by atoms with E-state index < -0.39 is 46.0 Å². The third kappa shape index (κ3) is 5.35. The van der Waals surface area contributed by atoms with E-state index in [1.54, 1.807) is 13.8 Å². The molecule has 34 heavy (non-hydrogen) atoms. The van der Waals surface area contributed by atoms with E-state index in [1.807, 2.05) is 13.8 Å². The summed E-state index contributed by atoms with van der Waals surface area (Å²) in [4.78, 5) is 12.0. The number of aromatic amines is 1. The fraction of sp³-hybridized carbons (Fsp3) is 0.364. The Morgan fingerprint density at radius 1 is 0.912 bits per heavy atom. The summed E-state index contributed by atoms with van der Waals surface area (Å²) in [6.07, 6.45) is 0. The van der Waals surface area contributed by atoms with Gasteiger partial charge in [-0.1, -0.05) is 33.5 Å². The fourth-order valence-corrected chi connectivity index (χ4v) is 3.51. The van der Waals surface area contributed by atoms with Crippen molar-refractivity contribution in [1.29, 1.82) is 0 Å². The minimum atomic E-state index is -2.62. The van der Waals surface area contributed by atoms with Crippen LogP contribution < -0.4 is 0 Å². The molecule has 0 bridgehead atoms. The fourth-order valence-electron chi connectivity index (χ4n) is 3.51. The Morgan fingerprint density at radius 2 is 1.53 bits per heavy atom. The summed E-state index contributed by atoms with van der Waals surface area (Å²) in [6, 6.07) is 5.20. The molecule has 4 rings (SSSR count). The van der Waals surface area contributed by atoms with Gasteiger partial charge in [-0.05, 0) is 20.8 Å². The van der Waals surface area contributed by atoms with Gasteiger partial charge in [0.2, 0.25) is 17.7 Å². The van der Waals surface area contributed by atoms with E-state index in [0.717, 1.165) is 6.92 Å². The molecule has 0 saturated heterocycles. The maximum atomic E-state index is 16.2. The zero-order valence-corrected chi connectivity index (χ0v) is 25.6. The number of hydrogen-bond acceptors (Lipinski definition) is 4. The quantitative estimate of drug-likeness (QED) is 0.257. The summed E-state index contributed by atoms with van der Waals surface area (Å²) in [6.45, 7) is 11.0. The minimum Gasteiger partial charge on any atom is -0.352 e. The number of rotatable bonds is 3. The van der Waals surface area contributed by atoms with Crippen LogP contribution in [0, 0.1) is 57.5 Å². The summed E-state index contributed by atoms with van der Waals surface area (Å²) in [5.41, 5.74) is -4.04. The molecule has 4 aromatic rings. The Balaban J connectivity index is 0.00000141. The predicted octanol–water partition coefficient (Wildman–Crippen LogP) is 5.02. The number of fused-ring (bicyclic) bond motifs is 1. The number of nitrogens with zero attached hydrogens (tertiary/aromatic N) is 5. The number of aromatic nitrogens is 6. The molecule has 6 nitrogen and oxygen atoms in total. The predicted molar refractivity (Wildman–Crippen MR) is 110 cm³/mol. The molecule has 0 spiro atoms. The first-order valence-corrected chi connectivity index (χ1v) is 9.97. The van der Waals surface area contributed by atoms with Gasteiger partial charge in [0.25, 0.3) is 0 Å².